The largest absolute Gasteiger partial charge is 0.361 e. The van der Waals surface area contributed by atoms with E-state index in [0.717, 1.165) is 12.8 Å². The van der Waals surface area contributed by atoms with Crippen LogP contribution in [0.1, 0.15) is 25.7 Å². The van der Waals surface area contributed by atoms with Gasteiger partial charge in [0.15, 0.2) is 0 Å². The van der Waals surface area contributed by atoms with Crippen molar-refractivity contribution in [2.75, 3.05) is 30.0 Å². The van der Waals surface area contributed by atoms with E-state index in [2.05, 4.69) is 20.6 Å². The second-order valence-electron chi connectivity index (χ2n) is 6.18. The molecule has 1 saturated carbocycles. The number of aromatic nitrogens is 2. The molecule has 0 spiro atoms. The molecule has 132 valence electrons. The molecule has 0 aromatic carbocycles. The predicted octanol–water partition coefficient (Wildman–Crippen LogP) is 0.795. The summed E-state index contributed by atoms with van der Waals surface area (Å²) in [6.45, 7) is 0.882. The van der Waals surface area contributed by atoms with Crippen LogP contribution in [0, 0.1) is 10.1 Å². The van der Waals surface area contributed by atoms with Crippen molar-refractivity contribution >= 4 is 27.5 Å². The molecule has 3 rings (SSSR count). The van der Waals surface area contributed by atoms with Gasteiger partial charge in [0.1, 0.15) is 6.20 Å². The fourth-order valence-electron chi connectivity index (χ4n) is 2.62. The van der Waals surface area contributed by atoms with Crippen LogP contribution in [0.15, 0.2) is 6.20 Å². The molecule has 10 nitrogen and oxygen atoms in total. The summed E-state index contributed by atoms with van der Waals surface area (Å²) in [5.74, 6) is 0.551. The van der Waals surface area contributed by atoms with Crippen molar-refractivity contribution in [2.45, 2.75) is 37.8 Å². The highest BCUT2D eigenvalue weighted by Gasteiger charge is 2.28. The maximum Gasteiger partial charge on any atom is 0.329 e. The number of anilines is 2. The minimum Gasteiger partial charge on any atom is -0.361 e. The highest BCUT2D eigenvalue weighted by atomic mass is 32.2. The van der Waals surface area contributed by atoms with Gasteiger partial charge in [-0.2, -0.15) is 4.98 Å². The van der Waals surface area contributed by atoms with Gasteiger partial charge >= 0.3 is 5.69 Å². The number of hydrogen-bond donors (Lipinski definition) is 2. The van der Waals surface area contributed by atoms with Crippen LogP contribution in [0.3, 0.4) is 0 Å². The van der Waals surface area contributed by atoms with Crippen molar-refractivity contribution in [3.8, 4) is 0 Å². The van der Waals surface area contributed by atoms with E-state index >= 15 is 0 Å². The van der Waals surface area contributed by atoms with E-state index in [1.807, 2.05) is 0 Å². The van der Waals surface area contributed by atoms with Gasteiger partial charge in [0, 0.05) is 25.2 Å². The molecule has 2 fully saturated rings. The number of rotatable bonds is 6. The average molecular weight is 356 g/mol. The van der Waals surface area contributed by atoms with Crippen LogP contribution in [-0.4, -0.2) is 59.0 Å². The Morgan fingerprint density at radius 3 is 2.38 bits per heavy atom. The lowest BCUT2D eigenvalue weighted by Gasteiger charge is -2.30. The molecule has 1 aliphatic heterocycles. The summed E-state index contributed by atoms with van der Waals surface area (Å²) in [7, 11) is -3.16. The first-order valence-electron chi connectivity index (χ1n) is 7.82. The molecular weight excluding hydrogens is 336 g/mol. The van der Waals surface area contributed by atoms with Crippen LogP contribution < -0.4 is 10.6 Å². The Kier molecular flexibility index (Phi) is 4.54. The molecule has 2 heterocycles. The van der Waals surface area contributed by atoms with Gasteiger partial charge in [-0.05, 0) is 25.7 Å². The quantitative estimate of drug-likeness (QED) is 0.565. The van der Waals surface area contributed by atoms with Gasteiger partial charge in [-0.3, -0.25) is 10.1 Å². The van der Waals surface area contributed by atoms with Gasteiger partial charge in [0.25, 0.3) is 0 Å². The lowest BCUT2D eigenvalue weighted by molar-refractivity contribution is -0.384. The molecule has 0 amide bonds. The minimum atomic E-state index is -3.16. The second kappa shape index (κ2) is 6.48. The standard InChI is InChI=1S/C13H20N6O4S/c1-24(22,23)18-6-4-10(5-7-18)16-13-14-8-11(19(20)21)12(17-13)15-9-2-3-9/h8-10H,2-7H2,1H3,(H2,14,15,16,17). The Morgan fingerprint density at radius 1 is 1.21 bits per heavy atom. The first-order valence-corrected chi connectivity index (χ1v) is 9.67. The molecule has 24 heavy (non-hydrogen) atoms. The molecule has 11 heteroatoms. The lowest BCUT2D eigenvalue weighted by Crippen LogP contribution is -2.42. The molecule has 2 N–H and O–H groups in total. The maximum absolute atomic E-state index is 11.5. The number of piperidine rings is 1. The number of sulfonamides is 1. The van der Waals surface area contributed by atoms with Crippen molar-refractivity contribution in [3.05, 3.63) is 16.3 Å². The summed E-state index contributed by atoms with van der Waals surface area (Å²) in [4.78, 5) is 18.8. The van der Waals surface area contributed by atoms with E-state index in [1.54, 1.807) is 0 Å². The third-order valence-electron chi connectivity index (χ3n) is 4.14. The van der Waals surface area contributed by atoms with Crippen LogP contribution in [-0.2, 0) is 10.0 Å². The lowest BCUT2D eigenvalue weighted by atomic mass is 10.1. The summed E-state index contributed by atoms with van der Waals surface area (Å²) in [6, 6.07) is 0.280. The monoisotopic (exact) mass is 356 g/mol. The summed E-state index contributed by atoms with van der Waals surface area (Å²) < 4.78 is 24.5. The molecule has 0 radical (unpaired) electrons. The maximum atomic E-state index is 11.5. The Balaban J connectivity index is 1.66. The van der Waals surface area contributed by atoms with E-state index in [9.17, 15) is 18.5 Å². The van der Waals surface area contributed by atoms with Crippen LogP contribution in [0.2, 0.25) is 0 Å². The van der Waals surface area contributed by atoms with Crippen LogP contribution in [0.4, 0.5) is 17.5 Å². The van der Waals surface area contributed by atoms with E-state index in [0.29, 0.717) is 31.9 Å². The number of nitrogens with one attached hydrogen (secondary N) is 2. The molecule has 1 aromatic rings. The summed E-state index contributed by atoms with van der Waals surface area (Å²) in [5, 5.41) is 17.3. The number of nitrogens with zero attached hydrogens (tertiary/aromatic N) is 4. The van der Waals surface area contributed by atoms with Gasteiger partial charge in [0.2, 0.25) is 21.8 Å². The minimum absolute atomic E-state index is 0.0400. The Morgan fingerprint density at radius 2 is 1.83 bits per heavy atom. The first-order chi connectivity index (χ1) is 11.3. The smallest absolute Gasteiger partial charge is 0.329 e. The number of hydrogen-bond acceptors (Lipinski definition) is 8. The zero-order chi connectivity index (χ0) is 17.3. The molecular formula is C13H20N6O4S. The van der Waals surface area contributed by atoms with E-state index in [1.165, 1.54) is 16.8 Å². The van der Waals surface area contributed by atoms with E-state index in [-0.39, 0.29) is 23.6 Å². The second-order valence-corrected chi connectivity index (χ2v) is 8.17. The van der Waals surface area contributed by atoms with E-state index in [4.69, 9.17) is 0 Å². The highest BCUT2D eigenvalue weighted by Crippen LogP contribution is 2.29. The van der Waals surface area contributed by atoms with E-state index < -0.39 is 14.9 Å². The molecule has 0 bridgehead atoms. The topological polar surface area (TPSA) is 130 Å². The van der Waals surface area contributed by atoms with Crippen molar-refractivity contribution in [1.82, 2.24) is 14.3 Å². The highest BCUT2D eigenvalue weighted by molar-refractivity contribution is 7.88. The van der Waals surface area contributed by atoms with Gasteiger partial charge in [-0.1, -0.05) is 0 Å². The van der Waals surface area contributed by atoms with Crippen molar-refractivity contribution < 1.29 is 13.3 Å². The van der Waals surface area contributed by atoms with Crippen LogP contribution >= 0.6 is 0 Å². The molecule has 1 aromatic heterocycles. The van der Waals surface area contributed by atoms with Gasteiger partial charge in [-0.25, -0.2) is 17.7 Å². The van der Waals surface area contributed by atoms with Gasteiger partial charge in [0.05, 0.1) is 11.2 Å². The third kappa shape index (κ3) is 4.09. The summed E-state index contributed by atoms with van der Waals surface area (Å²) in [5.41, 5.74) is -0.139. The molecule has 2 aliphatic rings. The average Bonchev–Trinajstić information content (AvgIpc) is 3.31. The zero-order valence-electron chi connectivity index (χ0n) is 13.3. The molecule has 0 atom stereocenters. The predicted molar refractivity (Wildman–Crippen MR) is 88.4 cm³/mol. The molecule has 0 unspecified atom stereocenters. The number of nitro groups is 1. The zero-order valence-corrected chi connectivity index (χ0v) is 14.1. The Labute approximate surface area is 139 Å². The fourth-order valence-corrected chi connectivity index (χ4v) is 3.49. The van der Waals surface area contributed by atoms with Crippen LogP contribution in [0.25, 0.3) is 0 Å². The Hall–Kier alpha value is -2.01. The normalized spacial score (nSPS) is 19.9. The van der Waals surface area contributed by atoms with Crippen molar-refractivity contribution in [1.29, 1.82) is 0 Å². The molecule has 1 saturated heterocycles. The van der Waals surface area contributed by atoms with Gasteiger partial charge in [-0.15, -0.1) is 0 Å². The molecule has 1 aliphatic carbocycles. The van der Waals surface area contributed by atoms with Crippen molar-refractivity contribution in [3.63, 3.8) is 0 Å². The summed E-state index contributed by atoms with van der Waals surface area (Å²) in [6.07, 6.45) is 5.64. The Bertz CT molecular complexity index is 728. The van der Waals surface area contributed by atoms with Crippen molar-refractivity contribution in [2.24, 2.45) is 0 Å². The van der Waals surface area contributed by atoms with Gasteiger partial charge < -0.3 is 10.6 Å². The summed E-state index contributed by atoms with van der Waals surface area (Å²) >= 11 is 0. The SMILES string of the molecule is CS(=O)(=O)N1CCC(Nc2ncc([N+](=O)[O-])c(NC3CC3)n2)CC1. The third-order valence-corrected chi connectivity index (χ3v) is 5.44. The fraction of sp³-hybridized carbons (Fsp3) is 0.692. The first kappa shape index (κ1) is 16.8. The van der Waals surface area contributed by atoms with Crippen LogP contribution in [0.5, 0.6) is 0 Å².